The topological polar surface area (TPSA) is 45.2 Å². The van der Waals surface area contributed by atoms with E-state index in [4.69, 9.17) is 9.47 Å². The molecule has 0 saturated carbocycles. The summed E-state index contributed by atoms with van der Waals surface area (Å²) in [5.41, 5.74) is 1.33. The van der Waals surface area contributed by atoms with Crippen LogP contribution >= 0.6 is 0 Å². The van der Waals surface area contributed by atoms with E-state index in [1.807, 2.05) is 30.3 Å². The molecular weight excluding hydrogens is 414 g/mol. The molecule has 0 spiro atoms. The fourth-order valence-corrected chi connectivity index (χ4v) is 5.44. The van der Waals surface area contributed by atoms with Gasteiger partial charge in [0.1, 0.15) is 11.9 Å². The van der Waals surface area contributed by atoms with Crippen molar-refractivity contribution < 1.29 is 14.3 Å². The van der Waals surface area contributed by atoms with Crippen LogP contribution in [0.4, 0.5) is 0 Å². The molecule has 176 valence electrons. The normalized spacial score (nSPS) is 25.3. The van der Waals surface area contributed by atoms with E-state index >= 15 is 0 Å². The fourth-order valence-electron chi connectivity index (χ4n) is 5.44. The molecule has 6 heteroatoms. The van der Waals surface area contributed by atoms with Gasteiger partial charge in [0.05, 0.1) is 6.04 Å². The predicted molar refractivity (Wildman–Crippen MR) is 128 cm³/mol. The third kappa shape index (κ3) is 5.57. The van der Waals surface area contributed by atoms with Gasteiger partial charge in [-0.05, 0) is 30.5 Å². The molecule has 0 aromatic heterocycles. The molecule has 2 atom stereocenters. The van der Waals surface area contributed by atoms with Gasteiger partial charge >= 0.3 is 0 Å². The van der Waals surface area contributed by atoms with Gasteiger partial charge in [-0.3, -0.25) is 14.6 Å². The molecule has 3 fully saturated rings. The highest BCUT2D eigenvalue weighted by Gasteiger charge is 2.43. The number of piperazine rings is 1. The summed E-state index contributed by atoms with van der Waals surface area (Å²) in [6, 6.07) is 20.9. The molecule has 0 radical (unpaired) electrons. The summed E-state index contributed by atoms with van der Waals surface area (Å²) in [4.78, 5) is 20.7. The first-order valence-electron chi connectivity index (χ1n) is 12.4. The smallest absolute Gasteiger partial charge is 0.240 e. The van der Waals surface area contributed by atoms with Crippen molar-refractivity contribution in [1.82, 2.24) is 14.7 Å². The minimum Gasteiger partial charge on any atom is -0.489 e. The lowest BCUT2D eigenvalue weighted by molar-refractivity contribution is -0.139. The van der Waals surface area contributed by atoms with Crippen molar-refractivity contribution in [3.8, 4) is 5.75 Å². The molecule has 5 rings (SSSR count). The fraction of sp³-hybridized carbons (Fsp3) is 0.519. The maximum Gasteiger partial charge on any atom is 0.240 e. The molecule has 3 heterocycles. The lowest BCUT2D eigenvalue weighted by Crippen LogP contribution is -2.55. The Bertz CT molecular complexity index is 880. The molecule has 3 aliphatic rings. The van der Waals surface area contributed by atoms with Crippen LogP contribution < -0.4 is 4.74 Å². The molecule has 3 saturated heterocycles. The number of hydrogen-bond donors (Lipinski definition) is 0. The molecule has 0 aliphatic carbocycles. The van der Waals surface area contributed by atoms with Gasteiger partial charge in [0.15, 0.2) is 0 Å². The first-order chi connectivity index (χ1) is 16.3. The van der Waals surface area contributed by atoms with Gasteiger partial charge in [0.2, 0.25) is 5.91 Å². The Morgan fingerprint density at radius 3 is 2.27 bits per heavy atom. The number of rotatable bonds is 6. The molecule has 0 N–H and O–H groups in total. The summed E-state index contributed by atoms with van der Waals surface area (Å²) < 4.78 is 11.9. The van der Waals surface area contributed by atoms with Gasteiger partial charge in [0, 0.05) is 64.9 Å². The zero-order valence-corrected chi connectivity index (χ0v) is 19.4. The van der Waals surface area contributed by atoms with Crippen molar-refractivity contribution in [3.05, 3.63) is 66.2 Å². The Hall–Kier alpha value is -2.41. The van der Waals surface area contributed by atoms with Gasteiger partial charge in [0.25, 0.3) is 0 Å². The number of likely N-dealkylation sites (tertiary alicyclic amines) is 1. The van der Waals surface area contributed by atoms with E-state index in [0.29, 0.717) is 6.04 Å². The molecule has 2 aromatic rings. The largest absolute Gasteiger partial charge is 0.489 e. The average Bonchev–Trinajstić information content (AvgIpc) is 3.29. The van der Waals surface area contributed by atoms with Crippen LogP contribution in [0.15, 0.2) is 60.7 Å². The van der Waals surface area contributed by atoms with E-state index in [0.717, 1.165) is 77.5 Å². The molecule has 0 unspecified atom stereocenters. The number of ether oxygens (including phenoxy) is 2. The Morgan fingerprint density at radius 2 is 1.58 bits per heavy atom. The second-order valence-electron chi connectivity index (χ2n) is 9.43. The maximum absolute atomic E-state index is 13.7. The minimum atomic E-state index is -0.0949. The van der Waals surface area contributed by atoms with Crippen molar-refractivity contribution >= 4 is 5.91 Å². The minimum absolute atomic E-state index is 0.0450. The Labute approximate surface area is 197 Å². The Kier molecular flexibility index (Phi) is 7.24. The van der Waals surface area contributed by atoms with Crippen LogP contribution in [0.5, 0.6) is 5.75 Å². The van der Waals surface area contributed by atoms with Gasteiger partial charge < -0.3 is 14.4 Å². The van der Waals surface area contributed by atoms with Crippen LogP contribution in [0.2, 0.25) is 0 Å². The summed E-state index contributed by atoms with van der Waals surface area (Å²) in [5, 5.41) is 0. The molecule has 6 nitrogen and oxygen atoms in total. The molecule has 1 amide bonds. The van der Waals surface area contributed by atoms with Crippen molar-refractivity contribution in [3.63, 3.8) is 0 Å². The molecule has 0 bridgehead atoms. The number of nitrogens with zero attached hydrogens (tertiary/aromatic N) is 3. The van der Waals surface area contributed by atoms with Crippen LogP contribution in [0.3, 0.4) is 0 Å². The molecule has 33 heavy (non-hydrogen) atoms. The zero-order valence-electron chi connectivity index (χ0n) is 19.4. The van der Waals surface area contributed by atoms with Crippen LogP contribution in [0, 0.1) is 0 Å². The summed E-state index contributed by atoms with van der Waals surface area (Å²) >= 11 is 0. The van der Waals surface area contributed by atoms with Crippen LogP contribution in [-0.4, -0.2) is 84.7 Å². The maximum atomic E-state index is 13.7. The Morgan fingerprint density at radius 1 is 0.909 bits per heavy atom. The van der Waals surface area contributed by atoms with Crippen LogP contribution in [-0.2, 0) is 16.1 Å². The highest BCUT2D eigenvalue weighted by Crippen LogP contribution is 2.30. The number of benzene rings is 2. The zero-order chi connectivity index (χ0) is 22.5. The van der Waals surface area contributed by atoms with Gasteiger partial charge in [-0.25, -0.2) is 0 Å². The first kappa shape index (κ1) is 22.4. The van der Waals surface area contributed by atoms with E-state index in [2.05, 4.69) is 45.0 Å². The van der Waals surface area contributed by atoms with Gasteiger partial charge in [-0.1, -0.05) is 48.5 Å². The number of amides is 1. The monoisotopic (exact) mass is 449 g/mol. The highest BCUT2D eigenvalue weighted by atomic mass is 16.5. The van der Waals surface area contributed by atoms with Crippen LogP contribution in [0.25, 0.3) is 0 Å². The second kappa shape index (κ2) is 10.7. The summed E-state index contributed by atoms with van der Waals surface area (Å²) in [6.07, 6.45) is 2.79. The second-order valence-corrected chi connectivity index (χ2v) is 9.43. The van der Waals surface area contributed by atoms with E-state index < -0.39 is 0 Å². The predicted octanol–water partition coefficient (Wildman–Crippen LogP) is 3.03. The van der Waals surface area contributed by atoms with Crippen LogP contribution in [0.1, 0.15) is 24.8 Å². The first-order valence-corrected chi connectivity index (χ1v) is 12.4. The number of carbonyl (C=O) groups is 1. The standard InChI is InChI=1S/C27H35N3O3/c31-27(29-15-13-28(14-16-29)20-22-7-3-1-4-8-22)26-19-25(33-24-9-5-2-6-10-24)21-30(26)23-11-17-32-18-12-23/h1-10,23,25-26H,11-21H2/t25-,26-/m0/s1. The quantitative estimate of drug-likeness (QED) is 0.678. The number of para-hydroxylation sites is 1. The van der Waals surface area contributed by atoms with Crippen molar-refractivity contribution in [1.29, 1.82) is 0 Å². The van der Waals surface area contributed by atoms with Gasteiger partial charge in [-0.2, -0.15) is 0 Å². The van der Waals surface area contributed by atoms with Crippen molar-refractivity contribution in [2.24, 2.45) is 0 Å². The van der Waals surface area contributed by atoms with Crippen molar-refractivity contribution in [2.75, 3.05) is 45.9 Å². The lowest BCUT2D eigenvalue weighted by Gasteiger charge is -2.39. The van der Waals surface area contributed by atoms with E-state index in [9.17, 15) is 4.79 Å². The molecule has 3 aliphatic heterocycles. The number of hydrogen-bond acceptors (Lipinski definition) is 5. The molecular formula is C27H35N3O3. The SMILES string of the molecule is O=C([C@@H]1C[C@H](Oc2ccccc2)CN1C1CCOCC1)N1CCN(Cc2ccccc2)CC1. The third-order valence-electron chi connectivity index (χ3n) is 7.22. The molecule has 2 aromatic carbocycles. The third-order valence-corrected chi connectivity index (χ3v) is 7.22. The average molecular weight is 450 g/mol. The summed E-state index contributed by atoms with van der Waals surface area (Å²) in [6.45, 7) is 6.78. The highest BCUT2D eigenvalue weighted by molar-refractivity contribution is 5.82. The van der Waals surface area contributed by atoms with Crippen molar-refractivity contribution in [2.45, 2.75) is 44.0 Å². The van der Waals surface area contributed by atoms with E-state index in [-0.39, 0.29) is 18.1 Å². The summed E-state index contributed by atoms with van der Waals surface area (Å²) in [5.74, 6) is 1.16. The van der Waals surface area contributed by atoms with E-state index in [1.54, 1.807) is 0 Å². The summed E-state index contributed by atoms with van der Waals surface area (Å²) in [7, 11) is 0. The lowest BCUT2D eigenvalue weighted by atomic mass is 10.0. The van der Waals surface area contributed by atoms with Gasteiger partial charge in [-0.15, -0.1) is 0 Å². The van der Waals surface area contributed by atoms with E-state index in [1.165, 1.54) is 5.56 Å². The number of carbonyl (C=O) groups excluding carboxylic acids is 1. The Balaban J connectivity index is 1.22.